The van der Waals surface area contributed by atoms with Crippen LogP contribution in [0.1, 0.15) is 18.4 Å². The van der Waals surface area contributed by atoms with E-state index >= 15 is 0 Å². The Morgan fingerprint density at radius 2 is 2.06 bits per heavy atom. The summed E-state index contributed by atoms with van der Waals surface area (Å²) in [6.07, 6.45) is 3.90. The predicted octanol–water partition coefficient (Wildman–Crippen LogP) is 4.58. The van der Waals surface area contributed by atoms with E-state index in [1.54, 1.807) is 20.3 Å². The van der Waals surface area contributed by atoms with Crippen LogP contribution in [0, 0.1) is 11.7 Å². The quantitative estimate of drug-likeness (QED) is 0.405. The van der Waals surface area contributed by atoms with Gasteiger partial charge in [0.25, 0.3) is 0 Å². The second-order valence-corrected chi connectivity index (χ2v) is 9.66. The molecule has 1 fully saturated rings. The number of aromatic nitrogens is 2. The van der Waals surface area contributed by atoms with Crippen molar-refractivity contribution in [3.8, 4) is 11.5 Å². The van der Waals surface area contributed by atoms with Gasteiger partial charge in [0.15, 0.2) is 11.5 Å². The van der Waals surface area contributed by atoms with E-state index < -0.39 is 0 Å². The van der Waals surface area contributed by atoms with Gasteiger partial charge in [0.05, 0.1) is 35.7 Å². The Morgan fingerprint density at radius 1 is 1.20 bits per heavy atom. The largest absolute Gasteiger partial charge is 0.493 e. The molecule has 5 rings (SSSR count). The van der Waals surface area contributed by atoms with Crippen LogP contribution in [0.4, 0.5) is 10.2 Å². The van der Waals surface area contributed by atoms with Crippen molar-refractivity contribution in [2.45, 2.75) is 19.3 Å². The van der Waals surface area contributed by atoms with Crippen LogP contribution in [0.5, 0.6) is 11.5 Å². The van der Waals surface area contributed by atoms with Gasteiger partial charge in [-0.25, -0.2) is 14.4 Å². The first-order valence-corrected chi connectivity index (χ1v) is 12.5. The molecule has 0 aliphatic carbocycles. The fraction of sp³-hybridized carbons (Fsp3) is 0.346. The van der Waals surface area contributed by atoms with Gasteiger partial charge in [-0.3, -0.25) is 4.79 Å². The monoisotopic (exact) mass is 494 g/mol. The van der Waals surface area contributed by atoms with Crippen LogP contribution in [0.25, 0.3) is 20.3 Å². The molecule has 0 unspecified atom stereocenters. The number of rotatable bonds is 7. The minimum Gasteiger partial charge on any atom is -0.493 e. The normalized spacial score (nSPS) is 16.0. The third-order valence-electron chi connectivity index (χ3n) is 6.46. The maximum Gasteiger partial charge on any atom is 0.224 e. The molecule has 1 N–H and O–H groups in total. The van der Waals surface area contributed by atoms with Gasteiger partial charge in [-0.15, -0.1) is 11.3 Å². The lowest BCUT2D eigenvalue weighted by atomic mass is 9.97. The number of carbonyl (C=O) groups excluding carboxylic acids is 1. The van der Waals surface area contributed by atoms with Gasteiger partial charge in [-0.05, 0) is 49.1 Å². The van der Waals surface area contributed by atoms with Gasteiger partial charge in [0.2, 0.25) is 5.91 Å². The molecule has 1 atom stereocenters. The highest BCUT2D eigenvalue weighted by Gasteiger charge is 2.28. The minimum absolute atomic E-state index is 0.0443. The lowest BCUT2D eigenvalue weighted by Crippen LogP contribution is -2.43. The highest BCUT2D eigenvalue weighted by Crippen LogP contribution is 2.39. The molecule has 1 aliphatic heterocycles. The van der Waals surface area contributed by atoms with Crippen molar-refractivity contribution in [2.75, 3.05) is 38.8 Å². The third-order valence-corrected chi connectivity index (χ3v) is 7.60. The van der Waals surface area contributed by atoms with Gasteiger partial charge in [-0.1, -0.05) is 12.1 Å². The molecule has 2 aromatic heterocycles. The van der Waals surface area contributed by atoms with Crippen molar-refractivity contribution in [1.82, 2.24) is 15.3 Å². The Bertz CT molecular complexity index is 1380. The molecule has 182 valence electrons. The number of hydrogen-bond donors (Lipinski definition) is 1. The van der Waals surface area contributed by atoms with Crippen LogP contribution >= 0.6 is 11.3 Å². The number of amides is 1. The third kappa shape index (κ3) is 4.60. The molecule has 9 heteroatoms. The molecule has 1 aliphatic rings. The van der Waals surface area contributed by atoms with Crippen LogP contribution in [0.15, 0.2) is 42.7 Å². The molecular weight excluding hydrogens is 467 g/mol. The average molecular weight is 495 g/mol. The number of fused-ring (bicyclic) bond motifs is 3. The standard InChI is InChI=1S/C26H27FN4O3S/c1-33-19-9-8-16(13-20(19)34-2)10-11-28-26(32)17-5-4-12-31(14-17)25-24-23(29-15-30-25)22-18(27)6-3-7-21(22)35-24/h3,6-9,13,15,17H,4-5,10-12,14H2,1-2H3,(H,28,32)/t17-/m0/s1. The van der Waals surface area contributed by atoms with Crippen LogP contribution in [-0.4, -0.2) is 49.7 Å². The van der Waals surface area contributed by atoms with Gasteiger partial charge in [-0.2, -0.15) is 0 Å². The number of nitrogens with zero attached hydrogens (tertiary/aromatic N) is 3. The summed E-state index contributed by atoms with van der Waals surface area (Å²) in [5.74, 6) is 1.77. The number of hydrogen-bond acceptors (Lipinski definition) is 7. The smallest absolute Gasteiger partial charge is 0.224 e. The molecule has 1 saturated heterocycles. The molecule has 3 heterocycles. The van der Waals surface area contributed by atoms with Gasteiger partial charge in [0, 0.05) is 24.3 Å². The molecule has 0 spiro atoms. The van der Waals surface area contributed by atoms with Gasteiger partial charge >= 0.3 is 0 Å². The van der Waals surface area contributed by atoms with Crippen molar-refractivity contribution < 1.29 is 18.7 Å². The number of piperidine rings is 1. The minimum atomic E-state index is -0.274. The second kappa shape index (κ2) is 10.0. The number of carbonyl (C=O) groups is 1. The Hall–Kier alpha value is -3.46. The summed E-state index contributed by atoms with van der Waals surface area (Å²) in [6, 6.07) is 10.9. The zero-order valence-electron chi connectivity index (χ0n) is 19.7. The molecule has 1 amide bonds. The summed E-state index contributed by atoms with van der Waals surface area (Å²) in [6.45, 7) is 1.92. The van der Waals surface area contributed by atoms with E-state index in [2.05, 4.69) is 20.2 Å². The SMILES string of the molecule is COc1ccc(CCNC(=O)[C@H]2CCCN(c3ncnc4c3sc3cccc(F)c34)C2)cc1OC. The van der Waals surface area contributed by atoms with Crippen molar-refractivity contribution in [1.29, 1.82) is 0 Å². The first-order chi connectivity index (χ1) is 17.1. The number of nitrogens with one attached hydrogen (secondary N) is 1. The summed E-state index contributed by atoms with van der Waals surface area (Å²) in [5.41, 5.74) is 1.70. The zero-order chi connectivity index (χ0) is 24.4. The van der Waals surface area contributed by atoms with E-state index in [0.29, 0.717) is 41.9 Å². The number of halogens is 1. The van der Waals surface area contributed by atoms with E-state index in [1.165, 1.54) is 23.7 Å². The van der Waals surface area contributed by atoms with Crippen molar-refractivity contribution in [2.24, 2.45) is 5.92 Å². The lowest BCUT2D eigenvalue weighted by molar-refractivity contribution is -0.125. The average Bonchev–Trinajstić information content (AvgIpc) is 3.28. The van der Waals surface area contributed by atoms with Crippen LogP contribution in [-0.2, 0) is 11.2 Å². The van der Waals surface area contributed by atoms with Gasteiger partial charge < -0.3 is 19.7 Å². The topological polar surface area (TPSA) is 76.6 Å². The first kappa shape index (κ1) is 23.3. The fourth-order valence-electron chi connectivity index (χ4n) is 4.68. The molecule has 35 heavy (non-hydrogen) atoms. The number of benzene rings is 2. The lowest BCUT2D eigenvalue weighted by Gasteiger charge is -2.33. The Labute approximate surface area is 206 Å². The molecule has 4 aromatic rings. The molecule has 2 aromatic carbocycles. The van der Waals surface area contributed by atoms with Gasteiger partial charge in [0.1, 0.15) is 18.0 Å². The highest BCUT2D eigenvalue weighted by molar-refractivity contribution is 7.26. The zero-order valence-corrected chi connectivity index (χ0v) is 20.5. The maximum absolute atomic E-state index is 14.5. The summed E-state index contributed by atoms with van der Waals surface area (Å²) in [7, 11) is 3.22. The molecule has 0 saturated carbocycles. The Balaban J connectivity index is 1.26. The molecule has 7 nitrogen and oxygen atoms in total. The van der Waals surface area contributed by atoms with E-state index in [0.717, 1.165) is 40.2 Å². The Kier molecular flexibility index (Phi) is 6.68. The van der Waals surface area contributed by atoms with Crippen molar-refractivity contribution >= 4 is 43.4 Å². The molecular formula is C26H27FN4O3S. The van der Waals surface area contributed by atoms with Crippen LogP contribution < -0.4 is 19.7 Å². The van der Waals surface area contributed by atoms with E-state index in [9.17, 15) is 9.18 Å². The molecule has 0 bridgehead atoms. The summed E-state index contributed by atoms with van der Waals surface area (Å²) >= 11 is 1.50. The number of anilines is 1. The predicted molar refractivity (Wildman–Crippen MR) is 136 cm³/mol. The maximum atomic E-state index is 14.5. The highest BCUT2D eigenvalue weighted by atomic mass is 32.1. The summed E-state index contributed by atoms with van der Waals surface area (Å²) < 4.78 is 26.8. The van der Waals surface area contributed by atoms with E-state index in [4.69, 9.17) is 9.47 Å². The molecule has 0 radical (unpaired) electrons. The number of thiophene rings is 1. The summed E-state index contributed by atoms with van der Waals surface area (Å²) in [5, 5.41) is 3.63. The van der Waals surface area contributed by atoms with Crippen molar-refractivity contribution in [3.63, 3.8) is 0 Å². The fourth-order valence-corrected chi connectivity index (χ4v) is 5.87. The van der Waals surface area contributed by atoms with Crippen molar-refractivity contribution in [3.05, 3.63) is 54.1 Å². The van der Waals surface area contributed by atoms with Crippen LogP contribution in [0.3, 0.4) is 0 Å². The number of methoxy groups -OCH3 is 2. The van der Waals surface area contributed by atoms with Crippen LogP contribution in [0.2, 0.25) is 0 Å². The Morgan fingerprint density at radius 3 is 2.89 bits per heavy atom. The second-order valence-electron chi connectivity index (χ2n) is 8.61. The van der Waals surface area contributed by atoms with E-state index in [-0.39, 0.29) is 17.6 Å². The van der Waals surface area contributed by atoms with E-state index in [1.807, 2.05) is 24.3 Å². The number of ether oxygens (including phenoxy) is 2. The first-order valence-electron chi connectivity index (χ1n) is 11.6. The summed E-state index contributed by atoms with van der Waals surface area (Å²) in [4.78, 5) is 24.0.